The Kier molecular flexibility index (Phi) is 7.96. The topological polar surface area (TPSA) is 132 Å². The average molecular weight is 579 g/mol. The second kappa shape index (κ2) is 11.5. The first-order valence-corrected chi connectivity index (χ1v) is 14.1. The van der Waals surface area contributed by atoms with Crippen LogP contribution in [0.1, 0.15) is 74.0 Å². The molecule has 0 radical (unpaired) electrons. The number of aliphatic hydroxyl groups is 1. The van der Waals surface area contributed by atoms with E-state index in [2.05, 4.69) is 4.90 Å². The van der Waals surface area contributed by atoms with Gasteiger partial charge in [-0.05, 0) is 57.4 Å². The van der Waals surface area contributed by atoms with Gasteiger partial charge in [-0.15, -0.1) is 0 Å². The fraction of sp³-hybridized carbons (Fsp3) is 0.419. The Morgan fingerprint density at radius 3 is 2.48 bits per heavy atom. The van der Waals surface area contributed by atoms with E-state index in [4.69, 9.17) is 18.9 Å². The smallest absolute Gasteiger partial charge is 0.344 e. The molecule has 0 aromatic heterocycles. The molecular formula is C31H34N2O9. The maximum absolute atomic E-state index is 13.6. The fourth-order valence-electron chi connectivity index (χ4n) is 5.86. The molecule has 0 saturated carbocycles. The number of amides is 1. The second-order valence-electron chi connectivity index (χ2n) is 10.5. The predicted octanol–water partition coefficient (Wildman–Crippen LogP) is 3.63. The van der Waals surface area contributed by atoms with Crippen LogP contribution in [-0.2, 0) is 14.4 Å². The normalized spacial score (nSPS) is 21.9. The summed E-state index contributed by atoms with van der Waals surface area (Å²) in [6, 6.07) is 8.94. The Morgan fingerprint density at radius 1 is 1.10 bits per heavy atom. The van der Waals surface area contributed by atoms with Crippen molar-refractivity contribution in [3.8, 4) is 23.0 Å². The van der Waals surface area contributed by atoms with E-state index in [1.54, 1.807) is 34.0 Å². The number of allylic oxidation sites excluding steroid dienone is 1. The number of rotatable bonds is 7. The minimum absolute atomic E-state index is 0.0475. The van der Waals surface area contributed by atoms with Gasteiger partial charge in [0.1, 0.15) is 11.5 Å². The molecule has 11 nitrogen and oxygen atoms in total. The van der Waals surface area contributed by atoms with Gasteiger partial charge in [0.25, 0.3) is 5.91 Å². The first kappa shape index (κ1) is 29.1. The van der Waals surface area contributed by atoms with Gasteiger partial charge < -0.3 is 33.9 Å². The SMILES string of the molecule is C/C=C(\c1c2cc(C(=O)N(CC)CC)c3c1OC(=O)C(O)(CC(=O)O2)CC(=O)O3)N1CCCC1c1cccc(OC)c1. The predicted molar refractivity (Wildman–Crippen MR) is 150 cm³/mol. The quantitative estimate of drug-likeness (QED) is 0.384. The Balaban J connectivity index is 1.76. The molecule has 1 fully saturated rings. The molecule has 2 aromatic carbocycles. The summed E-state index contributed by atoms with van der Waals surface area (Å²) in [5.74, 6) is -3.54. The molecule has 5 rings (SSSR count). The van der Waals surface area contributed by atoms with E-state index in [0.29, 0.717) is 31.1 Å². The number of carbonyl (C=O) groups is 4. The van der Waals surface area contributed by atoms with Crippen molar-refractivity contribution in [2.75, 3.05) is 26.7 Å². The van der Waals surface area contributed by atoms with Crippen LogP contribution in [-0.4, -0.2) is 71.1 Å². The summed E-state index contributed by atoms with van der Waals surface area (Å²) in [6.45, 7) is 6.70. The number of benzene rings is 2. The molecule has 2 atom stereocenters. The molecule has 3 heterocycles. The summed E-state index contributed by atoms with van der Waals surface area (Å²) in [5.41, 5.74) is -0.917. The van der Waals surface area contributed by atoms with Gasteiger partial charge in [0.05, 0.1) is 37.1 Å². The number of fused-ring (bicyclic) bond motifs is 3. The third-order valence-corrected chi connectivity index (χ3v) is 7.94. The van der Waals surface area contributed by atoms with E-state index in [1.807, 2.05) is 24.3 Å². The molecule has 11 heteroatoms. The number of nitrogens with zero attached hydrogens (tertiary/aromatic N) is 2. The molecule has 0 spiro atoms. The zero-order valence-corrected chi connectivity index (χ0v) is 24.1. The van der Waals surface area contributed by atoms with Crippen LogP contribution in [0, 0.1) is 0 Å². The van der Waals surface area contributed by atoms with Crippen molar-refractivity contribution in [1.29, 1.82) is 0 Å². The van der Waals surface area contributed by atoms with E-state index in [-0.39, 0.29) is 34.4 Å². The molecule has 2 unspecified atom stereocenters. The van der Waals surface area contributed by atoms with Gasteiger partial charge in [0.15, 0.2) is 17.1 Å². The van der Waals surface area contributed by atoms with Crippen LogP contribution in [0.5, 0.6) is 23.0 Å². The molecule has 2 aromatic rings. The lowest BCUT2D eigenvalue weighted by molar-refractivity contribution is -0.168. The standard InChI is InChI=1S/C31H34N2O9/c1-5-21(33-13-9-12-22(33)18-10-8-11-19(14-18)39-4)26-23-15-20(29(36)32(6-2)7-3)27-28(26)42-30(37)31(38,16-24(34)40-23)17-25(35)41-27/h5,8,10-11,14-15,22,38H,6-7,9,12-13,16-17H2,1-4H3/b21-5+. The second-order valence-corrected chi connectivity index (χ2v) is 10.5. The molecule has 1 amide bonds. The third kappa shape index (κ3) is 5.09. The molecule has 222 valence electrons. The number of methoxy groups -OCH3 is 1. The highest BCUT2D eigenvalue weighted by Crippen LogP contribution is 2.51. The van der Waals surface area contributed by atoms with Crippen molar-refractivity contribution < 1.29 is 43.2 Å². The summed E-state index contributed by atoms with van der Waals surface area (Å²) in [6.07, 6.45) is 1.73. The van der Waals surface area contributed by atoms with Crippen LogP contribution in [0.3, 0.4) is 0 Å². The largest absolute Gasteiger partial charge is 0.497 e. The van der Waals surface area contributed by atoms with E-state index in [0.717, 1.165) is 18.4 Å². The fourth-order valence-corrected chi connectivity index (χ4v) is 5.86. The first-order chi connectivity index (χ1) is 20.1. The lowest BCUT2D eigenvalue weighted by Gasteiger charge is -2.33. The number of ether oxygens (including phenoxy) is 4. The van der Waals surface area contributed by atoms with E-state index in [1.165, 1.54) is 11.0 Å². The molecular weight excluding hydrogens is 544 g/mol. The molecule has 1 N–H and O–H groups in total. The Hall–Kier alpha value is -4.38. The maximum atomic E-state index is 13.6. The van der Waals surface area contributed by atoms with Crippen molar-refractivity contribution in [3.05, 3.63) is 53.1 Å². The lowest BCUT2D eigenvalue weighted by atomic mass is 9.95. The summed E-state index contributed by atoms with van der Waals surface area (Å²) >= 11 is 0. The van der Waals surface area contributed by atoms with Crippen LogP contribution in [0.2, 0.25) is 0 Å². The van der Waals surface area contributed by atoms with Crippen LogP contribution >= 0.6 is 0 Å². The van der Waals surface area contributed by atoms with Crippen molar-refractivity contribution in [1.82, 2.24) is 9.80 Å². The van der Waals surface area contributed by atoms with Crippen LogP contribution in [0.4, 0.5) is 0 Å². The number of carbonyl (C=O) groups excluding carboxylic acids is 4. The summed E-state index contributed by atoms with van der Waals surface area (Å²) < 4.78 is 22.7. The number of hydrogen-bond donors (Lipinski definition) is 1. The van der Waals surface area contributed by atoms with Gasteiger partial charge in [-0.25, -0.2) is 4.79 Å². The lowest BCUT2D eigenvalue weighted by Crippen LogP contribution is -2.47. The number of likely N-dealkylation sites (tertiary alicyclic amines) is 1. The first-order valence-electron chi connectivity index (χ1n) is 14.1. The molecule has 42 heavy (non-hydrogen) atoms. The van der Waals surface area contributed by atoms with Crippen molar-refractivity contribution in [2.45, 2.75) is 58.1 Å². The van der Waals surface area contributed by atoms with E-state index in [9.17, 15) is 24.3 Å². The molecule has 3 aliphatic heterocycles. The van der Waals surface area contributed by atoms with Crippen LogP contribution in [0.25, 0.3) is 5.70 Å². The van der Waals surface area contributed by atoms with Crippen LogP contribution in [0.15, 0.2) is 36.4 Å². The highest BCUT2D eigenvalue weighted by atomic mass is 16.6. The third-order valence-electron chi connectivity index (χ3n) is 7.94. The van der Waals surface area contributed by atoms with Gasteiger partial charge in [-0.2, -0.15) is 0 Å². The average Bonchev–Trinajstić information content (AvgIpc) is 3.44. The summed E-state index contributed by atoms with van der Waals surface area (Å²) in [5, 5.41) is 11.1. The molecule has 3 aliphatic rings. The zero-order valence-electron chi connectivity index (χ0n) is 24.1. The summed E-state index contributed by atoms with van der Waals surface area (Å²) in [4.78, 5) is 56.8. The van der Waals surface area contributed by atoms with Gasteiger partial charge in [0, 0.05) is 25.3 Å². The van der Waals surface area contributed by atoms with Crippen LogP contribution < -0.4 is 18.9 Å². The Labute approximate surface area is 243 Å². The van der Waals surface area contributed by atoms with E-state index >= 15 is 0 Å². The minimum atomic E-state index is -2.51. The zero-order chi connectivity index (χ0) is 30.2. The van der Waals surface area contributed by atoms with Gasteiger partial charge in [-0.3, -0.25) is 14.4 Å². The Bertz CT molecular complexity index is 1480. The van der Waals surface area contributed by atoms with Crippen molar-refractivity contribution in [2.24, 2.45) is 0 Å². The number of hydrogen-bond acceptors (Lipinski definition) is 10. The highest BCUT2D eigenvalue weighted by Gasteiger charge is 2.49. The van der Waals surface area contributed by atoms with Gasteiger partial charge in [0.2, 0.25) is 0 Å². The Morgan fingerprint density at radius 2 is 1.81 bits per heavy atom. The molecule has 0 aliphatic carbocycles. The summed E-state index contributed by atoms with van der Waals surface area (Å²) in [7, 11) is 1.60. The molecule has 1 saturated heterocycles. The highest BCUT2D eigenvalue weighted by molar-refractivity contribution is 6.03. The maximum Gasteiger partial charge on any atom is 0.344 e. The van der Waals surface area contributed by atoms with Crippen molar-refractivity contribution >= 4 is 29.5 Å². The van der Waals surface area contributed by atoms with Crippen molar-refractivity contribution in [3.63, 3.8) is 0 Å². The monoisotopic (exact) mass is 578 g/mol. The van der Waals surface area contributed by atoms with Gasteiger partial charge >= 0.3 is 17.9 Å². The number of esters is 3. The van der Waals surface area contributed by atoms with E-state index < -0.39 is 42.3 Å². The van der Waals surface area contributed by atoms with Gasteiger partial charge in [-0.1, -0.05) is 18.2 Å². The molecule has 3 bridgehead atoms. The minimum Gasteiger partial charge on any atom is -0.497 e.